The van der Waals surface area contributed by atoms with E-state index in [0.717, 1.165) is 37.2 Å². The summed E-state index contributed by atoms with van der Waals surface area (Å²) in [5.74, 6) is 2.07. The molecule has 0 spiro atoms. The standard InChI is InChI=1S/C22H27N3O4/c1-25-11-9-15(10-12-25)22(26)23-13-16-14-28-19-7-3-5-17(21(19)29-16)18-6-4-8-20(24-18)27-2/h3-8,15-16H,9-14H2,1-2H3,(H,23,26). The van der Waals surface area contributed by atoms with Gasteiger partial charge in [0.05, 0.1) is 19.3 Å². The smallest absolute Gasteiger partial charge is 0.223 e. The van der Waals surface area contributed by atoms with Gasteiger partial charge in [0.1, 0.15) is 12.7 Å². The number of methoxy groups -OCH3 is 1. The zero-order valence-electron chi connectivity index (χ0n) is 16.9. The van der Waals surface area contributed by atoms with Crippen molar-refractivity contribution in [1.29, 1.82) is 0 Å². The molecule has 7 heteroatoms. The van der Waals surface area contributed by atoms with Gasteiger partial charge in [-0.3, -0.25) is 4.79 Å². The lowest BCUT2D eigenvalue weighted by molar-refractivity contribution is -0.126. The van der Waals surface area contributed by atoms with Crippen molar-refractivity contribution in [2.24, 2.45) is 5.92 Å². The van der Waals surface area contributed by atoms with Crippen LogP contribution >= 0.6 is 0 Å². The predicted octanol–water partition coefficient (Wildman–Crippen LogP) is 2.35. The first-order valence-electron chi connectivity index (χ1n) is 10.0. The number of piperidine rings is 1. The zero-order valence-corrected chi connectivity index (χ0v) is 16.9. The third-order valence-electron chi connectivity index (χ3n) is 5.49. The Kier molecular flexibility index (Phi) is 5.85. The molecule has 1 unspecified atom stereocenters. The molecule has 0 saturated carbocycles. The monoisotopic (exact) mass is 397 g/mol. The second-order valence-electron chi connectivity index (χ2n) is 7.57. The molecule has 4 rings (SSSR count). The van der Waals surface area contributed by atoms with Crippen LogP contribution in [0.3, 0.4) is 0 Å². The number of hydrogen-bond acceptors (Lipinski definition) is 6. The van der Waals surface area contributed by atoms with Gasteiger partial charge in [-0.25, -0.2) is 4.98 Å². The molecule has 2 aliphatic heterocycles. The number of pyridine rings is 1. The summed E-state index contributed by atoms with van der Waals surface area (Å²) in [6.45, 7) is 2.75. The number of carbonyl (C=O) groups is 1. The Morgan fingerprint density at radius 3 is 2.83 bits per heavy atom. The van der Waals surface area contributed by atoms with Crippen molar-refractivity contribution in [2.45, 2.75) is 18.9 Å². The van der Waals surface area contributed by atoms with Crippen LogP contribution in [0.4, 0.5) is 0 Å². The molecule has 2 aliphatic rings. The van der Waals surface area contributed by atoms with Gasteiger partial charge in [-0.1, -0.05) is 12.1 Å². The summed E-state index contributed by atoms with van der Waals surface area (Å²) >= 11 is 0. The van der Waals surface area contributed by atoms with Gasteiger partial charge in [0.2, 0.25) is 11.8 Å². The fourth-order valence-electron chi connectivity index (χ4n) is 3.74. The van der Waals surface area contributed by atoms with Crippen molar-refractivity contribution in [3.63, 3.8) is 0 Å². The van der Waals surface area contributed by atoms with E-state index in [9.17, 15) is 4.79 Å². The molecule has 29 heavy (non-hydrogen) atoms. The highest BCUT2D eigenvalue weighted by Crippen LogP contribution is 2.40. The number of carbonyl (C=O) groups excluding carboxylic acids is 1. The van der Waals surface area contributed by atoms with Crippen LogP contribution in [-0.2, 0) is 4.79 Å². The second kappa shape index (κ2) is 8.69. The largest absolute Gasteiger partial charge is 0.486 e. The molecule has 3 heterocycles. The number of nitrogens with zero attached hydrogens (tertiary/aromatic N) is 2. The number of amides is 1. The number of benzene rings is 1. The number of rotatable bonds is 5. The van der Waals surface area contributed by atoms with Crippen molar-refractivity contribution in [3.05, 3.63) is 36.4 Å². The molecule has 1 saturated heterocycles. The molecular weight excluding hydrogens is 370 g/mol. The van der Waals surface area contributed by atoms with Gasteiger partial charge in [-0.15, -0.1) is 0 Å². The number of nitrogens with one attached hydrogen (secondary N) is 1. The summed E-state index contributed by atoms with van der Waals surface area (Å²) in [5, 5.41) is 3.05. The summed E-state index contributed by atoms with van der Waals surface area (Å²) in [5.41, 5.74) is 1.59. The van der Waals surface area contributed by atoms with Crippen molar-refractivity contribution in [3.8, 4) is 28.6 Å². The maximum Gasteiger partial charge on any atom is 0.223 e. The molecule has 1 N–H and O–H groups in total. The lowest BCUT2D eigenvalue weighted by atomic mass is 9.96. The Labute approximate surface area is 171 Å². The number of para-hydroxylation sites is 1. The van der Waals surface area contributed by atoms with Gasteiger partial charge >= 0.3 is 0 Å². The maximum absolute atomic E-state index is 12.5. The zero-order chi connectivity index (χ0) is 20.2. The van der Waals surface area contributed by atoms with Crippen molar-refractivity contribution in [1.82, 2.24) is 15.2 Å². The number of aromatic nitrogens is 1. The minimum Gasteiger partial charge on any atom is -0.486 e. The van der Waals surface area contributed by atoms with Gasteiger partial charge in [0.25, 0.3) is 0 Å². The van der Waals surface area contributed by atoms with E-state index in [2.05, 4.69) is 22.2 Å². The lowest BCUT2D eigenvalue weighted by Crippen LogP contribution is -2.44. The molecule has 1 aromatic heterocycles. The minimum absolute atomic E-state index is 0.0829. The average molecular weight is 397 g/mol. The van der Waals surface area contributed by atoms with E-state index in [1.807, 2.05) is 30.3 Å². The van der Waals surface area contributed by atoms with E-state index in [1.165, 1.54) is 0 Å². The molecule has 154 valence electrons. The van der Waals surface area contributed by atoms with Crippen LogP contribution in [0.2, 0.25) is 0 Å². The van der Waals surface area contributed by atoms with Gasteiger partial charge in [-0.05, 0) is 51.2 Å². The van der Waals surface area contributed by atoms with Crippen LogP contribution in [0.25, 0.3) is 11.3 Å². The van der Waals surface area contributed by atoms with Gasteiger partial charge < -0.3 is 24.4 Å². The minimum atomic E-state index is -0.246. The highest BCUT2D eigenvalue weighted by molar-refractivity contribution is 5.78. The van der Waals surface area contributed by atoms with Gasteiger partial charge in [0.15, 0.2) is 11.5 Å². The molecule has 1 amide bonds. The molecule has 1 fully saturated rings. The fourth-order valence-corrected chi connectivity index (χ4v) is 3.74. The Morgan fingerprint density at radius 1 is 1.24 bits per heavy atom. The maximum atomic E-state index is 12.5. The summed E-state index contributed by atoms with van der Waals surface area (Å²) < 4.78 is 17.4. The Hall–Kier alpha value is -2.80. The molecule has 2 aromatic rings. The predicted molar refractivity (Wildman–Crippen MR) is 109 cm³/mol. The SMILES string of the molecule is COc1cccc(-c2cccc3c2OC(CNC(=O)C2CCN(C)CC2)CO3)n1. The van der Waals surface area contributed by atoms with E-state index in [4.69, 9.17) is 14.2 Å². The normalized spacial score (nSPS) is 19.6. The topological polar surface area (TPSA) is 72.9 Å². The van der Waals surface area contributed by atoms with E-state index in [1.54, 1.807) is 13.2 Å². The van der Waals surface area contributed by atoms with E-state index in [0.29, 0.717) is 30.5 Å². The van der Waals surface area contributed by atoms with Gasteiger partial charge in [0, 0.05) is 17.5 Å². The molecular formula is C22H27N3O4. The van der Waals surface area contributed by atoms with Gasteiger partial charge in [-0.2, -0.15) is 0 Å². The summed E-state index contributed by atoms with van der Waals surface area (Å²) in [7, 11) is 3.68. The van der Waals surface area contributed by atoms with E-state index in [-0.39, 0.29) is 17.9 Å². The molecule has 1 atom stereocenters. The van der Waals surface area contributed by atoms with Crippen molar-refractivity contribution in [2.75, 3.05) is 40.4 Å². The summed E-state index contributed by atoms with van der Waals surface area (Å²) in [6, 6.07) is 11.4. The molecule has 0 bridgehead atoms. The first-order valence-corrected chi connectivity index (χ1v) is 10.0. The molecule has 0 radical (unpaired) electrons. The third kappa shape index (κ3) is 4.45. The first kappa shape index (κ1) is 19.5. The fraction of sp³-hybridized carbons (Fsp3) is 0.455. The van der Waals surface area contributed by atoms with Crippen molar-refractivity contribution >= 4 is 5.91 Å². The van der Waals surface area contributed by atoms with Crippen LogP contribution in [-0.4, -0.2) is 62.3 Å². The van der Waals surface area contributed by atoms with Crippen LogP contribution < -0.4 is 19.5 Å². The lowest BCUT2D eigenvalue weighted by Gasteiger charge is -2.30. The number of fused-ring (bicyclic) bond motifs is 1. The van der Waals surface area contributed by atoms with E-state index >= 15 is 0 Å². The molecule has 7 nitrogen and oxygen atoms in total. The Morgan fingerprint density at radius 2 is 2.03 bits per heavy atom. The van der Waals surface area contributed by atoms with Crippen LogP contribution in [0.5, 0.6) is 17.4 Å². The molecule has 1 aromatic carbocycles. The van der Waals surface area contributed by atoms with Crippen LogP contribution in [0.1, 0.15) is 12.8 Å². The summed E-state index contributed by atoms with van der Waals surface area (Å²) in [6.07, 6.45) is 1.56. The Bertz CT molecular complexity index is 865. The third-order valence-corrected chi connectivity index (χ3v) is 5.49. The highest BCUT2D eigenvalue weighted by Gasteiger charge is 2.27. The van der Waals surface area contributed by atoms with Crippen LogP contribution in [0, 0.1) is 5.92 Å². The summed E-state index contributed by atoms with van der Waals surface area (Å²) in [4.78, 5) is 19.3. The quantitative estimate of drug-likeness (QED) is 0.835. The van der Waals surface area contributed by atoms with Crippen molar-refractivity contribution < 1.29 is 19.0 Å². The van der Waals surface area contributed by atoms with E-state index < -0.39 is 0 Å². The Balaban J connectivity index is 1.43. The number of ether oxygens (including phenoxy) is 3. The molecule has 0 aliphatic carbocycles. The second-order valence-corrected chi connectivity index (χ2v) is 7.57. The average Bonchev–Trinajstić information content (AvgIpc) is 2.77. The van der Waals surface area contributed by atoms with Crippen LogP contribution in [0.15, 0.2) is 36.4 Å². The highest BCUT2D eigenvalue weighted by atomic mass is 16.6. The number of hydrogen-bond donors (Lipinski definition) is 1. The number of likely N-dealkylation sites (tertiary alicyclic amines) is 1. The first-order chi connectivity index (χ1) is 14.1.